The lowest BCUT2D eigenvalue weighted by Crippen LogP contribution is -2.48. The van der Waals surface area contributed by atoms with Gasteiger partial charge in [-0.25, -0.2) is 0 Å². The van der Waals surface area contributed by atoms with E-state index in [9.17, 15) is 0 Å². The molecular weight excluding hydrogens is 214 g/mol. The second-order valence-electron chi connectivity index (χ2n) is 5.26. The van der Waals surface area contributed by atoms with Crippen LogP contribution >= 0.6 is 0 Å². The molecule has 0 amide bonds. The highest BCUT2D eigenvalue weighted by molar-refractivity contribution is 5.45. The van der Waals surface area contributed by atoms with E-state index in [1.807, 2.05) is 19.2 Å². The molecule has 2 heterocycles. The molecule has 2 N–H and O–H groups in total. The summed E-state index contributed by atoms with van der Waals surface area (Å²) >= 11 is 0. The van der Waals surface area contributed by atoms with Crippen molar-refractivity contribution in [2.75, 3.05) is 24.6 Å². The molecule has 1 aliphatic heterocycles. The molecule has 0 unspecified atom stereocenters. The molecule has 4 nitrogen and oxygen atoms in total. The summed E-state index contributed by atoms with van der Waals surface area (Å²) < 4.78 is 5.70. The molecule has 1 atom stereocenters. The van der Waals surface area contributed by atoms with Crippen molar-refractivity contribution in [3.8, 4) is 0 Å². The Morgan fingerprint density at radius 2 is 2.24 bits per heavy atom. The summed E-state index contributed by atoms with van der Waals surface area (Å²) in [6, 6.07) is 4.08. The highest BCUT2D eigenvalue weighted by Gasteiger charge is 2.27. The van der Waals surface area contributed by atoms with Crippen LogP contribution in [0.2, 0.25) is 0 Å². The predicted octanol–water partition coefficient (Wildman–Crippen LogP) is 1.72. The highest BCUT2D eigenvalue weighted by Crippen LogP contribution is 2.23. The van der Waals surface area contributed by atoms with Gasteiger partial charge in [0, 0.05) is 19.1 Å². The van der Waals surface area contributed by atoms with Crippen LogP contribution < -0.4 is 10.6 Å². The molecule has 1 fully saturated rings. The van der Waals surface area contributed by atoms with Gasteiger partial charge in [0.05, 0.1) is 29.8 Å². The van der Waals surface area contributed by atoms with Crippen LogP contribution in [-0.2, 0) is 4.74 Å². The van der Waals surface area contributed by atoms with E-state index in [1.165, 1.54) is 0 Å². The molecule has 1 aromatic heterocycles. The fourth-order valence-corrected chi connectivity index (χ4v) is 2.09. The van der Waals surface area contributed by atoms with Crippen molar-refractivity contribution >= 4 is 5.69 Å². The number of ether oxygens (including phenoxy) is 1. The Morgan fingerprint density at radius 3 is 2.76 bits per heavy atom. The third-order valence-corrected chi connectivity index (χ3v) is 3.03. The Kier molecular flexibility index (Phi) is 3.35. The van der Waals surface area contributed by atoms with Gasteiger partial charge in [-0.3, -0.25) is 4.98 Å². The monoisotopic (exact) mass is 235 g/mol. The molecule has 0 aromatic carbocycles. The molecule has 17 heavy (non-hydrogen) atoms. The largest absolute Gasteiger partial charge is 0.372 e. The lowest BCUT2D eigenvalue weighted by atomic mass is 10.1. The van der Waals surface area contributed by atoms with Gasteiger partial charge in [0.25, 0.3) is 0 Å². The minimum Gasteiger partial charge on any atom is -0.372 e. The topological polar surface area (TPSA) is 51.4 Å². The van der Waals surface area contributed by atoms with Crippen molar-refractivity contribution in [3.63, 3.8) is 0 Å². The van der Waals surface area contributed by atoms with Crippen LogP contribution in [0.5, 0.6) is 0 Å². The van der Waals surface area contributed by atoms with Crippen LogP contribution in [0.3, 0.4) is 0 Å². The summed E-state index contributed by atoms with van der Waals surface area (Å²) in [5, 5.41) is 0. The van der Waals surface area contributed by atoms with Crippen molar-refractivity contribution in [2.24, 2.45) is 5.73 Å². The van der Waals surface area contributed by atoms with E-state index in [0.717, 1.165) is 31.1 Å². The summed E-state index contributed by atoms with van der Waals surface area (Å²) in [5.74, 6) is 0. The Morgan fingerprint density at radius 1 is 1.47 bits per heavy atom. The first-order valence-corrected chi connectivity index (χ1v) is 6.08. The Labute approximate surface area is 103 Å². The molecule has 0 radical (unpaired) electrons. The fraction of sp³-hybridized carbons (Fsp3) is 0.615. The zero-order chi connectivity index (χ0) is 12.5. The van der Waals surface area contributed by atoms with E-state index in [4.69, 9.17) is 10.5 Å². The van der Waals surface area contributed by atoms with Crippen LogP contribution in [0, 0.1) is 0 Å². The van der Waals surface area contributed by atoms with E-state index in [2.05, 4.69) is 29.8 Å². The van der Waals surface area contributed by atoms with Crippen LogP contribution in [0.15, 0.2) is 18.3 Å². The van der Waals surface area contributed by atoms with E-state index in [-0.39, 0.29) is 11.6 Å². The number of morpholine rings is 1. The van der Waals surface area contributed by atoms with Crippen molar-refractivity contribution in [1.82, 2.24) is 4.98 Å². The number of nitrogens with two attached hydrogens (primary N) is 1. The first-order chi connectivity index (χ1) is 7.98. The Hall–Kier alpha value is -1.13. The number of hydrogen-bond acceptors (Lipinski definition) is 4. The lowest BCUT2D eigenvalue weighted by molar-refractivity contribution is -0.0277. The number of anilines is 1. The molecule has 1 aromatic rings. The molecule has 2 rings (SSSR count). The summed E-state index contributed by atoms with van der Waals surface area (Å²) in [7, 11) is 0. The first kappa shape index (κ1) is 12.3. The lowest BCUT2D eigenvalue weighted by Gasteiger charge is -2.39. The molecule has 0 aliphatic carbocycles. The van der Waals surface area contributed by atoms with E-state index in [1.54, 1.807) is 0 Å². The van der Waals surface area contributed by atoms with Gasteiger partial charge in [0.15, 0.2) is 0 Å². The second kappa shape index (κ2) is 4.63. The predicted molar refractivity (Wildman–Crippen MR) is 69.1 cm³/mol. The maximum Gasteiger partial charge on any atom is 0.0801 e. The van der Waals surface area contributed by atoms with Gasteiger partial charge in [-0.05, 0) is 32.9 Å². The number of hydrogen-bond donors (Lipinski definition) is 1. The zero-order valence-corrected chi connectivity index (χ0v) is 10.8. The second-order valence-corrected chi connectivity index (χ2v) is 5.26. The standard InChI is InChI=1S/C13H21N3O/c1-10(14)12-5-4-11(8-15-12)16-6-7-17-13(2,3)9-16/h4-5,8,10H,6-7,9,14H2,1-3H3/t10-/m0/s1. The average molecular weight is 235 g/mol. The normalized spacial score (nSPS) is 21.3. The van der Waals surface area contributed by atoms with E-state index in [0.29, 0.717) is 0 Å². The third kappa shape index (κ3) is 2.96. The summed E-state index contributed by atoms with van der Waals surface area (Å²) in [5.41, 5.74) is 7.78. The minimum absolute atomic E-state index is 0.00909. The molecular formula is C13H21N3O. The summed E-state index contributed by atoms with van der Waals surface area (Å²) in [6.45, 7) is 8.75. The van der Waals surface area contributed by atoms with Gasteiger partial charge in [0.2, 0.25) is 0 Å². The van der Waals surface area contributed by atoms with Crippen LogP contribution in [0.4, 0.5) is 5.69 Å². The van der Waals surface area contributed by atoms with Gasteiger partial charge in [-0.1, -0.05) is 0 Å². The first-order valence-electron chi connectivity index (χ1n) is 6.08. The number of rotatable bonds is 2. The minimum atomic E-state index is -0.0852. The SMILES string of the molecule is C[C@H](N)c1ccc(N2CCOC(C)(C)C2)cn1. The number of pyridine rings is 1. The molecule has 0 saturated carbocycles. The summed E-state index contributed by atoms with van der Waals surface area (Å²) in [6.07, 6.45) is 1.90. The Balaban J connectivity index is 2.12. The Bertz CT molecular complexity index is 373. The van der Waals surface area contributed by atoms with Crippen molar-refractivity contribution in [2.45, 2.75) is 32.4 Å². The van der Waals surface area contributed by atoms with Gasteiger partial charge in [-0.2, -0.15) is 0 Å². The molecule has 94 valence electrons. The average Bonchev–Trinajstić information content (AvgIpc) is 2.28. The smallest absolute Gasteiger partial charge is 0.0801 e. The van der Waals surface area contributed by atoms with Crippen LogP contribution in [0.1, 0.15) is 32.5 Å². The van der Waals surface area contributed by atoms with Gasteiger partial charge in [-0.15, -0.1) is 0 Å². The fourth-order valence-electron chi connectivity index (χ4n) is 2.09. The number of nitrogens with zero attached hydrogens (tertiary/aromatic N) is 2. The van der Waals surface area contributed by atoms with Gasteiger partial charge in [0.1, 0.15) is 0 Å². The van der Waals surface area contributed by atoms with Gasteiger partial charge < -0.3 is 15.4 Å². The zero-order valence-electron chi connectivity index (χ0n) is 10.8. The van der Waals surface area contributed by atoms with Crippen LogP contribution in [0.25, 0.3) is 0 Å². The third-order valence-electron chi connectivity index (χ3n) is 3.03. The molecule has 4 heteroatoms. The molecule has 0 spiro atoms. The molecule has 1 saturated heterocycles. The van der Waals surface area contributed by atoms with Gasteiger partial charge >= 0.3 is 0 Å². The molecule has 1 aliphatic rings. The summed E-state index contributed by atoms with van der Waals surface area (Å²) in [4.78, 5) is 6.70. The highest BCUT2D eigenvalue weighted by atomic mass is 16.5. The maximum atomic E-state index is 5.79. The van der Waals surface area contributed by atoms with Crippen molar-refractivity contribution in [3.05, 3.63) is 24.0 Å². The number of aromatic nitrogens is 1. The van der Waals surface area contributed by atoms with E-state index < -0.39 is 0 Å². The molecule has 0 bridgehead atoms. The van der Waals surface area contributed by atoms with E-state index >= 15 is 0 Å². The quantitative estimate of drug-likeness (QED) is 0.848. The van der Waals surface area contributed by atoms with Crippen molar-refractivity contribution in [1.29, 1.82) is 0 Å². The van der Waals surface area contributed by atoms with Crippen LogP contribution in [-0.4, -0.2) is 30.3 Å². The maximum absolute atomic E-state index is 5.79. The van der Waals surface area contributed by atoms with Crippen molar-refractivity contribution < 1.29 is 4.74 Å².